The number of halogens is 3. The van der Waals surface area contributed by atoms with Crippen molar-refractivity contribution in [1.82, 2.24) is 15.0 Å². The molecule has 1 saturated carbocycles. The minimum absolute atomic E-state index is 0.0136. The Hall–Kier alpha value is -3.51. The average Bonchev–Trinajstić information content (AvgIpc) is 3.31. The maximum atomic E-state index is 15.8. The zero-order valence-corrected chi connectivity index (χ0v) is 21.1. The van der Waals surface area contributed by atoms with Crippen molar-refractivity contribution in [3.8, 4) is 21.8 Å². The molecule has 12 heteroatoms. The highest BCUT2D eigenvalue weighted by molar-refractivity contribution is 7.92. The molecule has 0 saturated heterocycles. The molecule has 2 heterocycles. The molecular weight excluding hydrogens is 523 g/mol. The van der Waals surface area contributed by atoms with Gasteiger partial charge >= 0.3 is 0 Å². The van der Waals surface area contributed by atoms with Gasteiger partial charge in [-0.25, -0.2) is 36.5 Å². The zero-order chi connectivity index (χ0) is 26.2. The molecule has 7 nitrogen and oxygen atoms in total. The lowest BCUT2D eigenvalue weighted by molar-refractivity contribution is 0.442. The van der Waals surface area contributed by atoms with Crippen molar-refractivity contribution in [2.45, 2.75) is 42.9 Å². The van der Waals surface area contributed by atoms with Crippen LogP contribution < -0.4 is 10.5 Å². The lowest BCUT2D eigenvalue weighted by atomic mass is 9.90. The SMILES string of the molecule is Nc1nccc(-c2sc(C3CCCCC3)nc2-c2cccc(NS(=O)(=O)c3c(F)cccc3F)c2F)n1. The maximum absolute atomic E-state index is 15.8. The van der Waals surface area contributed by atoms with E-state index in [1.165, 1.54) is 35.7 Å². The molecule has 0 atom stereocenters. The number of nitrogens with zero attached hydrogens (tertiary/aromatic N) is 3. The Kier molecular flexibility index (Phi) is 6.86. The van der Waals surface area contributed by atoms with Crippen LogP contribution in [0.5, 0.6) is 0 Å². The van der Waals surface area contributed by atoms with E-state index in [0.717, 1.165) is 55.3 Å². The number of nitrogens with one attached hydrogen (secondary N) is 1. The molecule has 1 aliphatic carbocycles. The normalized spacial score (nSPS) is 14.6. The van der Waals surface area contributed by atoms with Crippen molar-refractivity contribution < 1.29 is 21.6 Å². The fourth-order valence-corrected chi connectivity index (χ4v) is 6.86. The fourth-order valence-electron chi connectivity index (χ4n) is 4.45. The van der Waals surface area contributed by atoms with E-state index in [1.807, 2.05) is 4.72 Å². The van der Waals surface area contributed by atoms with Gasteiger partial charge in [-0.15, -0.1) is 11.3 Å². The van der Waals surface area contributed by atoms with Gasteiger partial charge in [0.25, 0.3) is 10.0 Å². The fraction of sp³-hybridized carbons (Fsp3) is 0.240. The Balaban J connectivity index is 1.60. The summed E-state index contributed by atoms with van der Waals surface area (Å²) in [6.07, 6.45) is 6.74. The van der Waals surface area contributed by atoms with Crippen molar-refractivity contribution in [2.24, 2.45) is 0 Å². The standard InChI is InChI=1S/C25H22F3N5O2S2/c26-16-9-5-10-17(27)23(16)37(34,35)33-18-11-4-8-15(20(18)28)21-22(19-12-13-30-25(29)31-19)36-24(32-21)14-6-2-1-3-7-14/h4-5,8-14,33H,1-3,6-7H2,(H2,29,30,31). The number of aromatic nitrogens is 3. The van der Waals surface area contributed by atoms with E-state index in [2.05, 4.69) is 9.97 Å². The smallest absolute Gasteiger partial charge is 0.267 e. The van der Waals surface area contributed by atoms with Crippen LogP contribution in [0.1, 0.15) is 43.0 Å². The quantitative estimate of drug-likeness (QED) is 0.302. The minimum atomic E-state index is -4.77. The molecule has 0 spiro atoms. The molecule has 0 amide bonds. The molecule has 0 bridgehead atoms. The minimum Gasteiger partial charge on any atom is -0.368 e. The van der Waals surface area contributed by atoms with Crippen molar-refractivity contribution in [2.75, 3.05) is 10.5 Å². The number of hydrogen-bond acceptors (Lipinski definition) is 7. The number of rotatable bonds is 6. The summed E-state index contributed by atoms with van der Waals surface area (Å²) in [5.74, 6) is -3.25. The van der Waals surface area contributed by atoms with Crippen LogP contribution in [0.2, 0.25) is 0 Å². The molecule has 5 rings (SSSR count). The van der Waals surface area contributed by atoms with Crippen molar-refractivity contribution in [3.05, 3.63) is 71.1 Å². The van der Waals surface area contributed by atoms with Gasteiger partial charge in [-0.2, -0.15) is 0 Å². The van der Waals surface area contributed by atoms with E-state index in [4.69, 9.17) is 10.7 Å². The first-order valence-corrected chi connectivity index (χ1v) is 13.9. The Bertz CT molecular complexity index is 1550. The molecule has 192 valence electrons. The number of nitrogen functional groups attached to an aromatic ring is 1. The van der Waals surface area contributed by atoms with Gasteiger partial charge < -0.3 is 5.73 Å². The van der Waals surface area contributed by atoms with Crippen LogP contribution in [0.25, 0.3) is 21.8 Å². The predicted octanol–water partition coefficient (Wildman–Crippen LogP) is 6.12. The van der Waals surface area contributed by atoms with E-state index < -0.39 is 38.1 Å². The number of benzene rings is 2. The maximum Gasteiger partial charge on any atom is 0.267 e. The Labute approximate surface area is 215 Å². The molecule has 37 heavy (non-hydrogen) atoms. The van der Waals surface area contributed by atoms with E-state index >= 15 is 4.39 Å². The van der Waals surface area contributed by atoms with Crippen LogP contribution in [0.3, 0.4) is 0 Å². The number of anilines is 2. The second-order valence-corrected chi connectivity index (χ2v) is 11.3. The largest absolute Gasteiger partial charge is 0.368 e. The van der Waals surface area contributed by atoms with Crippen LogP contribution in [-0.2, 0) is 10.0 Å². The predicted molar refractivity (Wildman–Crippen MR) is 136 cm³/mol. The molecule has 0 aliphatic heterocycles. The first-order valence-electron chi connectivity index (χ1n) is 11.6. The van der Waals surface area contributed by atoms with Crippen molar-refractivity contribution in [1.29, 1.82) is 0 Å². The summed E-state index contributed by atoms with van der Waals surface area (Å²) < 4.78 is 71.7. The van der Waals surface area contributed by atoms with E-state index in [0.29, 0.717) is 10.6 Å². The number of thiazole rings is 1. The van der Waals surface area contributed by atoms with Crippen LogP contribution in [0.15, 0.2) is 53.6 Å². The molecule has 1 aliphatic rings. The second kappa shape index (κ2) is 10.1. The summed E-state index contributed by atoms with van der Waals surface area (Å²) in [7, 11) is -4.77. The zero-order valence-electron chi connectivity index (χ0n) is 19.4. The van der Waals surface area contributed by atoms with Gasteiger partial charge in [-0.1, -0.05) is 31.4 Å². The number of hydrogen-bond donors (Lipinski definition) is 2. The lowest BCUT2D eigenvalue weighted by Gasteiger charge is -2.18. The highest BCUT2D eigenvalue weighted by atomic mass is 32.2. The topological polar surface area (TPSA) is 111 Å². The Morgan fingerprint density at radius 3 is 2.35 bits per heavy atom. The molecular formula is C25H22F3N5O2S2. The first kappa shape index (κ1) is 25.2. The monoisotopic (exact) mass is 545 g/mol. The second-order valence-electron chi connectivity index (χ2n) is 8.69. The van der Waals surface area contributed by atoms with Crippen molar-refractivity contribution >= 4 is 33.0 Å². The van der Waals surface area contributed by atoms with Crippen LogP contribution in [-0.4, -0.2) is 23.4 Å². The summed E-state index contributed by atoms with van der Waals surface area (Å²) >= 11 is 1.39. The molecule has 3 N–H and O–H groups in total. The summed E-state index contributed by atoms with van der Waals surface area (Å²) in [5, 5.41) is 0.834. The number of sulfonamides is 1. The summed E-state index contributed by atoms with van der Waals surface area (Å²) in [6.45, 7) is 0. The first-order chi connectivity index (χ1) is 17.7. The van der Waals surface area contributed by atoms with Gasteiger partial charge in [0.1, 0.15) is 11.6 Å². The van der Waals surface area contributed by atoms with E-state index in [1.54, 1.807) is 6.07 Å². The van der Waals surface area contributed by atoms with Gasteiger partial charge in [0, 0.05) is 17.7 Å². The third-order valence-corrected chi connectivity index (χ3v) is 8.85. The van der Waals surface area contributed by atoms with Gasteiger partial charge in [-0.05, 0) is 43.2 Å². The van der Waals surface area contributed by atoms with Crippen LogP contribution in [0, 0.1) is 17.5 Å². The average molecular weight is 546 g/mol. The molecule has 0 radical (unpaired) electrons. The van der Waals surface area contributed by atoms with E-state index in [9.17, 15) is 17.2 Å². The lowest BCUT2D eigenvalue weighted by Crippen LogP contribution is -2.17. The van der Waals surface area contributed by atoms with Gasteiger partial charge in [0.05, 0.1) is 27.0 Å². The molecule has 2 aromatic heterocycles. The molecule has 2 aromatic carbocycles. The van der Waals surface area contributed by atoms with E-state index in [-0.39, 0.29) is 23.1 Å². The molecule has 0 unspecified atom stereocenters. The van der Waals surface area contributed by atoms with Gasteiger partial charge in [-0.3, -0.25) is 4.72 Å². The third kappa shape index (κ3) is 5.03. The summed E-state index contributed by atoms with van der Waals surface area (Å²) in [6, 6.07) is 8.38. The van der Waals surface area contributed by atoms with Crippen molar-refractivity contribution in [3.63, 3.8) is 0 Å². The Morgan fingerprint density at radius 1 is 0.946 bits per heavy atom. The number of nitrogens with two attached hydrogens (primary N) is 1. The Morgan fingerprint density at radius 2 is 1.65 bits per heavy atom. The highest BCUT2D eigenvalue weighted by Crippen LogP contribution is 2.43. The molecule has 4 aromatic rings. The molecule has 1 fully saturated rings. The summed E-state index contributed by atoms with van der Waals surface area (Å²) in [4.78, 5) is 12.3. The van der Waals surface area contributed by atoms with Crippen LogP contribution in [0.4, 0.5) is 24.8 Å². The van der Waals surface area contributed by atoms with Gasteiger partial charge in [0.15, 0.2) is 10.7 Å². The summed E-state index contributed by atoms with van der Waals surface area (Å²) in [5.41, 5.74) is 6.07. The highest BCUT2D eigenvalue weighted by Gasteiger charge is 2.28. The van der Waals surface area contributed by atoms with Gasteiger partial charge in [0.2, 0.25) is 5.95 Å². The third-order valence-electron chi connectivity index (χ3n) is 6.19. The van der Waals surface area contributed by atoms with Crippen LogP contribution >= 0.6 is 11.3 Å².